The third-order valence-electron chi connectivity index (χ3n) is 4.27. The van der Waals surface area contributed by atoms with Crippen molar-refractivity contribution in [1.82, 2.24) is 4.90 Å². The predicted octanol–water partition coefficient (Wildman–Crippen LogP) is 4.59. The van der Waals surface area contributed by atoms with Gasteiger partial charge in [-0.3, -0.25) is 9.69 Å². The van der Waals surface area contributed by atoms with Gasteiger partial charge in [-0.2, -0.15) is 0 Å². The first kappa shape index (κ1) is 21.1. The van der Waals surface area contributed by atoms with E-state index in [9.17, 15) is 9.59 Å². The number of amides is 1. The Hall–Kier alpha value is -2.64. The minimum atomic E-state index is -0.913. The molecule has 0 spiro atoms. The van der Waals surface area contributed by atoms with Crippen LogP contribution in [0.2, 0.25) is 0 Å². The summed E-state index contributed by atoms with van der Waals surface area (Å²) in [4.78, 5) is 27.3. The van der Waals surface area contributed by atoms with Crippen LogP contribution in [-0.2, 0) is 14.3 Å². The van der Waals surface area contributed by atoms with E-state index in [-0.39, 0.29) is 5.91 Å². The van der Waals surface area contributed by atoms with E-state index in [1.165, 1.54) is 23.8 Å². The van der Waals surface area contributed by atoms with Crippen molar-refractivity contribution in [2.45, 2.75) is 19.4 Å². The molecule has 1 aliphatic heterocycles. The fraction of sp³-hybridized carbons (Fsp3) is 0.227. The highest BCUT2D eigenvalue weighted by Gasteiger charge is 2.41. The number of ether oxygens (including phenoxy) is 2. The van der Waals surface area contributed by atoms with Crippen molar-refractivity contribution in [3.63, 3.8) is 0 Å². The lowest BCUT2D eigenvalue weighted by atomic mass is 10.1. The highest BCUT2D eigenvalue weighted by atomic mass is 32.2. The van der Waals surface area contributed by atoms with Gasteiger partial charge in [0.15, 0.2) is 6.04 Å². The van der Waals surface area contributed by atoms with Crippen LogP contribution in [0.1, 0.15) is 30.5 Å². The molecule has 0 aromatic heterocycles. The molecule has 1 amide bonds. The molecule has 0 N–H and O–H groups in total. The lowest BCUT2D eigenvalue weighted by Gasteiger charge is -2.24. The minimum Gasteiger partial charge on any atom is -0.494 e. The van der Waals surface area contributed by atoms with Crippen LogP contribution in [0.15, 0.2) is 59.5 Å². The van der Waals surface area contributed by atoms with Gasteiger partial charge in [0, 0.05) is 0 Å². The maximum Gasteiger partial charge on any atom is 0.333 e. The third-order valence-corrected chi connectivity index (χ3v) is 5.60. The van der Waals surface area contributed by atoms with Crippen molar-refractivity contribution in [3.05, 3.63) is 70.6 Å². The summed E-state index contributed by atoms with van der Waals surface area (Å²) in [5.41, 5.74) is 1.50. The second-order valence-electron chi connectivity index (χ2n) is 6.31. The van der Waals surface area contributed by atoms with Crippen LogP contribution in [0.4, 0.5) is 0 Å². The van der Waals surface area contributed by atoms with E-state index in [1.807, 2.05) is 37.3 Å². The van der Waals surface area contributed by atoms with Gasteiger partial charge in [0.1, 0.15) is 10.1 Å². The molecule has 29 heavy (non-hydrogen) atoms. The molecule has 1 saturated heterocycles. The number of benzene rings is 2. The number of thiocarbonyl (C=S) groups is 1. The first-order chi connectivity index (χ1) is 14.0. The molecule has 1 fully saturated rings. The smallest absolute Gasteiger partial charge is 0.333 e. The molecule has 0 saturated carbocycles. The van der Waals surface area contributed by atoms with E-state index in [0.717, 1.165) is 17.7 Å². The van der Waals surface area contributed by atoms with E-state index in [4.69, 9.17) is 21.7 Å². The number of nitrogens with zero attached hydrogens (tertiary/aromatic N) is 1. The van der Waals surface area contributed by atoms with Gasteiger partial charge < -0.3 is 9.47 Å². The average molecular weight is 428 g/mol. The van der Waals surface area contributed by atoms with Gasteiger partial charge >= 0.3 is 5.97 Å². The summed E-state index contributed by atoms with van der Waals surface area (Å²) < 4.78 is 10.8. The molecule has 7 heteroatoms. The number of hydrogen-bond acceptors (Lipinski definition) is 6. The number of hydrogen-bond donors (Lipinski definition) is 0. The lowest BCUT2D eigenvalue weighted by Crippen LogP contribution is -2.37. The Balaban J connectivity index is 1.86. The summed E-state index contributed by atoms with van der Waals surface area (Å²) in [6.07, 6.45) is 2.70. The zero-order chi connectivity index (χ0) is 20.8. The SMILES string of the molecule is CCCOc1ccc(/C=C2\SC(=S)N(C(C(=O)OC)c3ccccc3)C2=O)cc1. The predicted molar refractivity (Wildman–Crippen MR) is 118 cm³/mol. The van der Waals surface area contributed by atoms with Gasteiger partial charge in [0.05, 0.1) is 18.6 Å². The van der Waals surface area contributed by atoms with Crippen molar-refractivity contribution in [3.8, 4) is 5.75 Å². The van der Waals surface area contributed by atoms with Gasteiger partial charge in [-0.1, -0.05) is 73.4 Å². The maximum atomic E-state index is 13.1. The molecule has 2 aromatic carbocycles. The van der Waals surface area contributed by atoms with E-state index >= 15 is 0 Å². The molecule has 1 aliphatic rings. The number of carbonyl (C=O) groups is 2. The first-order valence-electron chi connectivity index (χ1n) is 9.18. The van der Waals surface area contributed by atoms with Crippen LogP contribution in [0.5, 0.6) is 5.75 Å². The summed E-state index contributed by atoms with van der Waals surface area (Å²) in [5.74, 6) is -0.0666. The highest BCUT2D eigenvalue weighted by Crippen LogP contribution is 2.38. The van der Waals surface area contributed by atoms with Crippen LogP contribution >= 0.6 is 24.0 Å². The molecular weight excluding hydrogens is 406 g/mol. The second kappa shape index (κ2) is 9.71. The maximum absolute atomic E-state index is 13.1. The van der Waals surface area contributed by atoms with E-state index in [2.05, 4.69) is 0 Å². The first-order valence-corrected chi connectivity index (χ1v) is 10.4. The van der Waals surface area contributed by atoms with Crippen molar-refractivity contribution in [1.29, 1.82) is 0 Å². The minimum absolute atomic E-state index is 0.314. The Bertz CT molecular complexity index is 926. The van der Waals surface area contributed by atoms with Crippen molar-refractivity contribution in [2.75, 3.05) is 13.7 Å². The summed E-state index contributed by atoms with van der Waals surface area (Å²) in [5, 5.41) is 0. The van der Waals surface area contributed by atoms with Crippen LogP contribution in [0.25, 0.3) is 6.08 Å². The largest absolute Gasteiger partial charge is 0.494 e. The summed E-state index contributed by atoms with van der Waals surface area (Å²) >= 11 is 6.60. The second-order valence-corrected chi connectivity index (χ2v) is 7.98. The summed E-state index contributed by atoms with van der Waals surface area (Å²) in [7, 11) is 1.30. The van der Waals surface area contributed by atoms with E-state index in [1.54, 1.807) is 30.3 Å². The number of thioether (sulfide) groups is 1. The Morgan fingerprint density at radius 2 is 1.86 bits per heavy atom. The fourth-order valence-corrected chi connectivity index (χ4v) is 4.18. The monoisotopic (exact) mass is 427 g/mol. The lowest BCUT2D eigenvalue weighted by molar-refractivity contribution is -0.148. The number of methoxy groups -OCH3 is 1. The molecule has 2 aromatic rings. The third kappa shape index (κ3) is 4.86. The van der Waals surface area contributed by atoms with Gasteiger partial charge in [-0.15, -0.1) is 0 Å². The van der Waals surface area contributed by atoms with Crippen LogP contribution in [0.3, 0.4) is 0 Å². The standard InChI is InChI=1S/C22H21NO4S2/c1-3-13-27-17-11-9-15(10-12-17)14-18-20(24)23(22(28)29-18)19(21(25)26-2)16-7-5-4-6-8-16/h4-12,14,19H,3,13H2,1-2H3/b18-14-. The number of rotatable bonds is 7. The summed E-state index contributed by atoms with van der Waals surface area (Å²) in [6.45, 7) is 2.71. The van der Waals surface area contributed by atoms with Gasteiger partial charge in [-0.05, 0) is 35.8 Å². The van der Waals surface area contributed by atoms with Crippen molar-refractivity contribution >= 4 is 46.3 Å². The van der Waals surface area contributed by atoms with E-state index in [0.29, 0.717) is 21.4 Å². The molecule has 0 radical (unpaired) electrons. The molecular formula is C22H21NO4S2. The van der Waals surface area contributed by atoms with Crippen molar-refractivity contribution < 1.29 is 19.1 Å². The molecule has 0 aliphatic carbocycles. The normalized spacial score (nSPS) is 16.2. The van der Waals surface area contributed by atoms with Crippen LogP contribution in [0, 0.1) is 0 Å². The van der Waals surface area contributed by atoms with Crippen molar-refractivity contribution in [2.24, 2.45) is 0 Å². The zero-order valence-corrected chi connectivity index (χ0v) is 17.8. The molecule has 150 valence electrons. The van der Waals surface area contributed by atoms with Gasteiger partial charge in [0.2, 0.25) is 0 Å². The quantitative estimate of drug-likeness (QED) is 0.366. The Labute approximate surface area is 179 Å². The Kier molecular flexibility index (Phi) is 7.06. The number of carbonyl (C=O) groups excluding carboxylic acids is 2. The Morgan fingerprint density at radius 1 is 1.17 bits per heavy atom. The van der Waals surface area contributed by atoms with Gasteiger partial charge in [-0.25, -0.2) is 4.79 Å². The van der Waals surface area contributed by atoms with Gasteiger partial charge in [0.25, 0.3) is 5.91 Å². The molecule has 5 nitrogen and oxygen atoms in total. The Morgan fingerprint density at radius 3 is 2.48 bits per heavy atom. The molecule has 1 heterocycles. The molecule has 0 bridgehead atoms. The number of esters is 1. The van der Waals surface area contributed by atoms with Crippen LogP contribution in [-0.4, -0.2) is 34.8 Å². The molecule has 1 atom stereocenters. The van der Waals surface area contributed by atoms with Crippen LogP contribution < -0.4 is 4.74 Å². The van der Waals surface area contributed by atoms with E-state index < -0.39 is 12.0 Å². The highest BCUT2D eigenvalue weighted by molar-refractivity contribution is 8.26. The fourth-order valence-electron chi connectivity index (χ4n) is 2.87. The zero-order valence-electron chi connectivity index (χ0n) is 16.2. The molecule has 1 unspecified atom stereocenters. The summed E-state index contributed by atoms with van der Waals surface area (Å²) in [6, 6.07) is 15.6. The average Bonchev–Trinajstić information content (AvgIpc) is 3.02. The topological polar surface area (TPSA) is 55.8 Å². The molecule has 3 rings (SSSR count).